The molecule has 24 heavy (non-hydrogen) atoms. The van der Waals surface area contributed by atoms with Crippen molar-refractivity contribution in [1.29, 1.82) is 0 Å². The summed E-state index contributed by atoms with van der Waals surface area (Å²) in [5.41, 5.74) is 2.20. The fraction of sp³-hybridized carbons (Fsp3) is 0.389. The SMILES string of the molecule is Cc1nnc2c(N3CCC(N(C)Cc4ccccc4)C3)nccn12. The molecule has 4 rings (SSSR count). The quantitative estimate of drug-likeness (QED) is 0.736. The van der Waals surface area contributed by atoms with E-state index in [0.29, 0.717) is 6.04 Å². The predicted octanol–water partition coefficient (Wildman–Crippen LogP) is 2.14. The number of rotatable bonds is 4. The van der Waals surface area contributed by atoms with E-state index in [-0.39, 0.29) is 0 Å². The molecular weight excluding hydrogens is 300 g/mol. The van der Waals surface area contributed by atoms with Crippen molar-refractivity contribution in [2.45, 2.75) is 25.9 Å². The maximum absolute atomic E-state index is 4.56. The molecule has 3 heterocycles. The van der Waals surface area contributed by atoms with Crippen LogP contribution in [0, 0.1) is 6.92 Å². The van der Waals surface area contributed by atoms with Crippen molar-refractivity contribution in [2.75, 3.05) is 25.0 Å². The lowest BCUT2D eigenvalue weighted by Gasteiger charge is -2.25. The van der Waals surface area contributed by atoms with Crippen LogP contribution < -0.4 is 4.90 Å². The molecule has 1 aromatic carbocycles. The number of aryl methyl sites for hydroxylation is 1. The molecular formula is C18H22N6. The lowest BCUT2D eigenvalue weighted by atomic mass is 10.1. The number of aromatic nitrogens is 4. The summed E-state index contributed by atoms with van der Waals surface area (Å²) in [5, 5.41) is 8.47. The molecule has 1 fully saturated rings. The summed E-state index contributed by atoms with van der Waals surface area (Å²) >= 11 is 0. The summed E-state index contributed by atoms with van der Waals surface area (Å²) < 4.78 is 2.00. The minimum atomic E-state index is 0.524. The van der Waals surface area contributed by atoms with E-state index in [9.17, 15) is 0 Å². The van der Waals surface area contributed by atoms with Crippen LogP contribution >= 0.6 is 0 Å². The Bertz CT molecular complexity index is 828. The van der Waals surface area contributed by atoms with Crippen molar-refractivity contribution < 1.29 is 0 Å². The highest BCUT2D eigenvalue weighted by atomic mass is 15.3. The second kappa shape index (κ2) is 6.20. The average molecular weight is 322 g/mol. The molecule has 124 valence electrons. The van der Waals surface area contributed by atoms with Crippen LogP contribution in [0.1, 0.15) is 17.8 Å². The van der Waals surface area contributed by atoms with Crippen LogP contribution in [0.25, 0.3) is 5.65 Å². The highest BCUT2D eigenvalue weighted by Crippen LogP contribution is 2.24. The van der Waals surface area contributed by atoms with Gasteiger partial charge in [0.2, 0.25) is 5.65 Å². The van der Waals surface area contributed by atoms with Crippen LogP contribution in [0.2, 0.25) is 0 Å². The van der Waals surface area contributed by atoms with Crippen molar-refractivity contribution in [3.8, 4) is 0 Å². The molecule has 1 unspecified atom stereocenters. The van der Waals surface area contributed by atoms with Gasteiger partial charge >= 0.3 is 0 Å². The van der Waals surface area contributed by atoms with Gasteiger partial charge in [0.25, 0.3) is 0 Å². The van der Waals surface area contributed by atoms with E-state index in [2.05, 4.69) is 62.4 Å². The lowest BCUT2D eigenvalue weighted by molar-refractivity contribution is 0.250. The molecule has 3 aromatic rings. The molecule has 0 aliphatic carbocycles. The van der Waals surface area contributed by atoms with Gasteiger partial charge < -0.3 is 4.90 Å². The van der Waals surface area contributed by atoms with Crippen LogP contribution in [-0.2, 0) is 6.54 Å². The Morgan fingerprint density at radius 2 is 2.04 bits per heavy atom. The van der Waals surface area contributed by atoms with Crippen molar-refractivity contribution in [2.24, 2.45) is 0 Å². The number of hydrogen-bond donors (Lipinski definition) is 0. The van der Waals surface area contributed by atoms with Crippen molar-refractivity contribution in [3.05, 3.63) is 54.1 Å². The maximum atomic E-state index is 4.56. The molecule has 0 N–H and O–H groups in total. The Hall–Kier alpha value is -2.47. The molecule has 6 heteroatoms. The first-order valence-electron chi connectivity index (χ1n) is 8.38. The van der Waals surface area contributed by atoms with Crippen LogP contribution in [0.3, 0.4) is 0 Å². The molecule has 0 spiro atoms. The smallest absolute Gasteiger partial charge is 0.203 e. The van der Waals surface area contributed by atoms with Gasteiger partial charge in [0.05, 0.1) is 0 Å². The number of likely N-dealkylation sites (N-methyl/N-ethyl adjacent to an activating group) is 1. The third-order valence-corrected chi connectivity index (χ3v) is 4.84. The summed E-state index contributed by atoms with van der Waals surface area (Å²) in [5.74, 6) is 1.83. The first-order valence-corrected chi connectivity index (χ1v) is 8.38. The minimum Gasteiger partial charge on any atom is -0.352 e. The molecule has 1 saturated heterocycles. The van der Waals surface area contributed by atoms with E-state index in [4.69, 9.17) is 0 Å². The number of nitrogens with zero attached hydrogens (tertiary/aromatic N) is 6. The van der Waals surface area contributed by atoms with Gasteiger partial charge in [0, 0.05) is 38.1 Å². The van der Waals surface area contributed by atoms with Crippen LogP contribution in [-0.4, -0.2) is 50.7 Å². The second-order valence-corrected chi connectivity index (χ2v) is 6.48. The molecule has 1 atom stereocenters. The van der Waals surface area contributed by atoms with E-state index in [1.54, 1.807) is 0 Å². The Labute approximate surface area is 141 Å². The predicted molar refractivity (Wildman–Crippen MR) is 94.0 cm³/mol. The molecule has 0 bridgehead atoms. The maximum Gasteiger partial charge on any atom is 0.203 e. The monoisotopic (exact) mass is 322 g/mol. The Morgan fingerprint density at radius 1 is 1.21 bits per heavy atom. The van der Waals surface area contributed by atoms with E-state index >= 15 is 0 Å². The third kappa shape index (κ3) is 2.73. The zero-order chi connectivity index (χ0) is 16.5. The third-order valence-electron chi connectivity index (χ3n) is 4.84. The fourth-order valence-corrected chi connectivity index (χ4v) is 3.45. The Morgan fingerprint density at radius 3 is 2.88 bits per heavy atom. The lowest BCUT2D eigenvalue weighted by Crippen LogP contribution is -2.34. The van der Waals surface area contributed by atoms with Gasteiger partial charge in [-0.2, -0.15) is 0 Å². The second-order valence-electron chi connectivity index (χ2n) is 6.48. The van der Waals surface area contributed by atoms with Gasteiger partial charge in [-0.05, 0) is 26.0 Å². The minimum absolute atomic E-state index is 0.524. The standard InChI is InChI=1S/C18H22N6/c1-14-20-21-18-17(19-9-11-24(14)18)23-10-8-16(13-23)22(2)12-15-6-4-3-5-7-15/h3-7,9,11,16H,8,10,12-13H2,1-2H3. The molecule has 0 amide bonds. The summed E-state index contributed by atoms with van der Waals surface area (Å²) in [6.45, 7) is 4.91. The highest BCUT2D eigenvalue weighted by molar-refractivity contribution is 5.64. The van der Waals surface area contributed by atoms with Crippen molar-refractivity contribution in [1.82, 2.24) is 24.5 Å². The van der Waals surface area contributed by atoms with Crippen molar-refractivity contribution in [3.63, 3.8) is 0 Å². The molecule has 1 aliphatic heterocycles. The zero-order valence-electron chi connectivity index (χ0n) is 14.1. The van der Waals surface area contributed by atoms with Crippen LogP contribution in [0.15, 0.2) is 42.7 Å². The molecule has 1 aliphatic rings. The number of benzene rings is 1. The first-order chi connectivity index (χ1) is 11.7. The number of hydrogen-bond acceptors (Lipinski definition) is 5. The highest BCUT2D eigenvalue weighted by Gasteiger charge is 2.28. The molecule has 0 saturated carbocycles. The van der Waals surface area contributed by atoms with Gasteiger partial charge in [-0.25, -0.2) is 4.98 Å². The van der Waals surface area contributed by atoms with Gasteiger partial charge in [0.1, 0.15) is 5.82 Å². The Kier molecular flexibility index (Phi) is 3.90. The van der Waals surface area contributed by atoms with E-state index in [1.165, 1.54) is 5.56 Å². The first kappa shape index (κ1) is 15.1. The summed E-state index contributed by atoms with van der Waals surface area (Å²) in [7, 11) is 2.20. The fourth-order valence-electron chi connectivity index (χ4n) is 3.45. The van der Waals surface area contributed by atoms with E-state index in [1.807, 2.05) is 23.7 Å². The van der Waals surface area contributed by atoms with Crippen molar-refractivity contribution >= 4 is 11.5 Å². The molecule has 2 aromatic heterocycles. The van der Waals surface area contributed by atoms with E-state index < -0.39 is 0 Å². The average Bonchev–Trinajstić information content (AvgIpc) is 3.23. The topological polar surface area (TPSA) is 49.6 Å². The van der Waals surface area contributed by atoms with Gasteiger partial charge in [0.15, 0.2) is 5.82 Å². The zero-order valence-corrected chi connectivity index (χ0v) is 14.1. The normalized spacial score (nSPS) is 18.0. The number of fused-ring (bicyclic) bond motifs is 1. The number of anilines is 1. The van der Waals surface area contributed by atoms with Gasteiger partial charge in [-0.15, -0.1) is 10.2 Å². The summed E-state index contributed by atoms with van der Waals surface area (Å²) in [6.07, 6.45) is 4.89. The summed E-state index contributed by atoms with van der Waals surface area (Å²) in [6, 6.07) is 11.2. The summed E-state index contributed by atoms with van der Waals surface area (Å²) in [4.78, 5) is 9.33. The van der Waals surface area contributed by atoms with Gasteiger partial charge in [-0.1, -0.05) is 30.3 Å². The van der Waals surface area contributed by atoms with Gasteiger partial charge in [-0.3, -0.25) is 9.30 Å². The van der Waals surface area contributed by atoms with Crippen LogP contribution in [0.4, 0.5) is 5.82 Å². The molecule has 6 nitrogen and oxygen atoms in total. The van der Waals surface area contributed by atoms with E-state index in [0.717, 1.165) is 43.3 Å². The Balaban J connectivity index is 1.49. The van der Waals surface area contributed by atoms with Crippen LogP contribution in [0.5, 0.6) is 0 Å². The molecule has 0 radical (unpaired) electrons. The largest absolute Gasteiger partial charge is 0.352 e.